The van der Waals surface area contributed by atoms with Crippen LogP contribution in [0.4, 0.5) is 9.59 Å². The van der Waals surface area contributed by atoms with Crippen LogP contribution in [0, 0.1) is 0 Å². The number of rotatable bonds is 20. The molecule has 0 aromatic heterocycles. The molecule has 0 saturated heterocycles. The number of benzene rings is 3. The minimum Gasteiger partial charge on any atom is -0.465 e. The maximum atomic E-state index is 14.8. The van der Waals surface area contributed by atoms with E-state index in [-0.39, 0.29) is 38.5 Å². The molecule has 2 unspecified atom stereocenters. The lowest BCUT2D eigenvalue weighted by molar-refractivity contribution is -0.179. The Bertz CT molecular complexity index is 1660. The third kappa shape index (κ3) is 13.8. The van der Waals surface area contributed by atoms with E-state index in [2.05, 4.69) is 16.1 Å². The number of fused-ring (bicyclic) bond motifs is 1. The number of hydrogen-bond donors (Lipinski definition) is 4. The number of hydrazine groups is 1. The minimum atomic E-state index is -1.02. The second-order valence-corrected chi connectivity index (χ2v) is 14.6. The number of likely N-dealkylation sites (N-methyl/N-ethyl adjacent to an activating group) is 1. The number of unbranched alkanes of at least 4 members (excludes halogenated alkanes) is 1. The van der Waals surface area contributed by atoms with E-state index < -0.39 is 41.9 Å². The van der Waals surface area contributed by atoms with Gasteiger partial charge in [-0.1, -0.05) is 66.2 Å². The monoisotopic (exact) mass is 768 g/mol. The Labute approximate surface area is 324 Å². The maximum absolute atomic E-state index is 14.8. The Morgan fingerprint density at radius 3 is 2.19 bits per heavy atom. The number of hydrogen-bond acceptors (Lipinski definition) is 7. The van der Waals surface area contributed by atoms with Crippen molar-refractivity contribution >= 4 is 46.3 Å². The molecule has 3 aromatic rings. The van der Waals surface area contributed by atoms with Crippen molar-refractivity contribution in [2.75, 3.05) is 33.4 Å². The van der Waals surface area contributed by atoms with E-state index in [0.29, 0.717) is 31.1 Å². The average Bonchev–Trinajstić information content (AvgIpc) is 3.11. The van der Waals surface area contributed by atoms with Crippen LogP contribution in [0.25, 0.3) is 10.8 Å². The molecular weight excluding hydrogens is 712 g/mol. The zero-order chi connectivity index (χ0) is 39.8. The summed E-state index contributed by atoms with van der Waals surface area (Å²) in [7, 11) is 1.55. The Morgan fingerprint density at radius 1 is 0.907 bits per heavy atom. The van der Waals surface area contributed by atoms with Crippen molar-refractivity contribution in [2.24, 2.45) is 0 Å². The van der Waals surface area contributed by atoms with Crippen molar-refractivity contribution < 1.29 is 33.8 Å². The Kier molecular flexibility index (Phi) is 17.5. The van der Waals surface area contributed by atoms with Gasteiger partial charge in [-0.3, -0.25) is 15.0 Å². The van der Waals surface area contributed by atoms with Gasteiger partial charge in [0.05, 0.1) is 12.6 Å². The van der Waals surface area contributed by atoms with Gasteiger partial charge in [-0.25, -0.2) is 14.6 Å². The number of nitrogens with zero attached hydrogens (tertiary/aromatic N) is 3. The van der Waals surface area contributed by atoms with Gasteiger partial charge in [0, 0.05) is 50.5 Å². The SMILES string of the molecule is CCOC(OCC)C(C)N(Cc1cccc2ccccc12)C(=O)C(CCCCN(C(=O)O)C(C)(C)C)NC(=O)CN(C)NC(=O)NCc1ccc(Cl)cc1. The fraction of sp³-hybridized carbons (Fsp3) is 0.500. The Morgan fingerprint density at radius 2 is 1.56 bits per heavy atom. The molecule has 296 valence electrons. The molecule has 54 heavy (non-hydrogen) atoms. The Hall–Kier alpha value is -4.43. The highest BCUT2D eigenvalue weighted by atomic mass is 35.5. The molecule has 0 heterocycles. The number of urea groups is 1. The average molecular weight is 769 g/mol. The topological polar surface area (TPSA) is 153 Å². The molecule has 5 amide bonds. The van der Waals surface area contributed by atoms with Gasteiger partial charge < -0.3 is 35.0 Å². The standard InChI is InChI=1S/C40H57ClN6O7/c1-8-53-37(54-9-2)28(3)46(26-31-17-14-16-30-15-10-11-18-33(30)31)36(49)34(19-12-13-24-47(39(51)52)40(4,5)6)43-35(48)27-45(7)44-38(50)42-25-29-20-22-32(41)23-21-29/h10-11,14-18,20-23,28,34,37H,8-9,12-13,19,24-27H2,1-7H3,(H,43,48)(H,51,52)(H2,42,44,50). The zero-order valence-electron chi connectivity index (χ0n) is 32.6. The largest absolute Gasteiger partial charge is 0.465 e. The van der Waals surface area contributed by atoms with Crippen LogP contribution in [0.3, 0.4) is 0 Å². The van der Waals surface area contributed by atoms with Crippen molar-refractivity contribution in [1.29, 1.82) is 0 Å². The molecule has 0 fully saturated rings. The number of amides is 5. The summed E-state index contributed by atoms with van der Waals surface area (Å²) in [6.45, 7) is 12.3. The fourth-order valence-corrected chi connectivity index (χ4v) is 6.25. The lowest BCUT2D eigenvalue weighted by atomic mass is 10.0. The lowest BCUT2D eigenvalue weighted by Gasteiger charge is -2.37. The highest BCUT2D eigenvalue weighted by Crippen LogP contribution is 2.24. The van der Waals surface area contributed by atoms with Crippen molar-refractivity contribution in [3.05, 3.63) is 82.9 Å². The summed E-state index contributed by atoms with van der Waals surface area (Å²) >= 11 is 5.95. The first kappa shape index (κ1) is 44.0. The van der Waals surface area contributed by atoms with Gasteiger partial charge in [0.1, 0.15) is 6.04 Å². The predicted molar refractivity (Wildman–Crippen MR) is 211 cm³/mol. The van der Waals surface area contributed by atoms with Crippen LogP contribution < -0.4 is 16.1 Å². The first-order chi connectivity index (χ1) is 25.6. The van der Waals surface area contributed by atoms with Crippen LogP contribution in [0.2, 0.25) is 5.02 Å². The molecule has 0 radical (unpaired) electrons. The molecule has 0 aliphatic carbocycles. The van der Waals surface area contributed by atoms with E-state index in [0.717, 1.165) is 21.9 Å². The first-order valence-electron chi connectivity index (χ1n) is 18.4. The molecule has 13 nitrogen and oxygen atoms in total. The number of halogens is 1. The van der Waals surface area contributed by atoms with Crippen LogP contribution in [0.15, 0.2) is 66.7 Å². The quantitative estimate of drug-likeness (QED) is 0.0587. The third-order valence-electron chi connectivity index (χ3n) is 8.89. The molecule has 4 N–H and O–H groups in total. The maximum Gasteiger partial charge on any atom is 0.407 e. The lowest BCUT2D eigenvalue weighted by Crippen LogP contribution is -2.56. The van der Waals surface area contributed by atoms with Crippen molar-refractivity contribution in [2.45, 2.75) is 97.8 Å². The number of nitrogens with one attached hydrogen (secondary N) is 3. The van der Waals surface area contributed by atoms with E-state index in [1.165, 1.54) is 9.91 Å². The van der Waals surface area contributed by atoms with Crippen molar-refractivity contribution in [3.8, 4) is 0 Å². The highest BCUT2D eigenvalue weighted by molar-refractivity contribution is 6.30. The number of ether oxygens (including phenoxy) is 2. The van der Waals surface area contributed by atoms with Gasteiger partial charge in [-0.15, -0.1) is 0 Å². The summed E-state index contributed by atoms with van der Waals surface area (Å²) in [5, 5.41) is 19.4. The number of carbonyl (C=O) groups excluding carboxylic acids is 3. The van der Waals surface area contributed by atoms with Crippen molar-refractivity contribution in [1.82, 2.24) is 30.9 Å². The van der Waals surface area contributed by atoms with E-state index >= 15 is 0 Å². The van der Waals surface area contributed by atoms with E-state index in [4.69, 9.17) is 21.1 Å². The minimum absolute atomic E-state index is 0.219. The second kappa shape index (κ2) is 21.5. The fourth-order valence-electron chi connectivity index (χ4n) is 6.12. The number of carbonyl (C=O) groups is 4. The second-order valence-electron chi connectivity index (χ2n) is 14.1. The highest BCUT2D eigenvalue weighted by Gasteiger charge is 2.34. The summed E-state index contributed by atoms with van der Waals surface area (Å²) in [6, 6.07) is 18.9. The summed E-state index contributed by atoms with van der Waals surface area (Å²) in [5.41, 5.74) is 3.79. The first-order valence-corrected chi connectivity index (χ1v) is 18.8. The van der Waals surface area contributed by atoms with Gasteiger partial charge in [-0.05, 0) is 94.8 Å². The molecule has 0 saturated carbocycles. The molecule has 2 atom stereocenters. The molecule has 14 heteroatoms. The molecule has 3 rings (SSSR count). The van der Waals surface area contributed by atoms with Gasteiger partial charge in [0.2, 0.25) is 11.8 Å². The van der Waals surface area contributed by atoms with Crippen LogP contribution >= 0.6 is 11.6 Å². The van der Waals surface area contributed by atoms with Crippen molar-refractivity contribution in [3.63, 3.8) is 0 Å². The van der Waals surface area contributed by atoms with Gasteiger partial charge in [-0.2, -0.15) is 0 Å². The van der Waals surface area contributed by atoms with Gasteiger partial charge in [0.25, 0.3) is 0 Å². The number of carboxylic acid groups (broad SMARTS) is 1. The van der Waals surface area contributed by atoms with Crippen LogP contribution in [0.5, 0.6) is 0 Å². The Balaban J connectivity index is 1.84. The molecule has 3 aromatic carbocycles. The predicted octanol–water partition coefficient (Wildman–Crippen LogP) is 6.39. The third-order valence-corrected chi connectivity index (χ3v) is 9.14. The van der Waals surface area contributed by atoms with E-state index in [9.17, 15) is 24.3 Å². The summed E-state index contributed by atoms with van der Waals surface area (Å²) in [4.78, 5) is 55.9. The molecule has 0 aliphatic heterocycles. The molecule has 0 aliphatic rings. The van der Waals surface area contributed by atoms with Crippen LogP contribution in [-0.4, -0.2) is 101 Å². The van der Waals surface area contributed by atoms with Gasteiger partial charge >= 0.3 is 12.1 Å². The summed E-state index contributed by atoms with van der Waals surface area (Å²) in [6.07, 6.45) is -0.586. The molecule has 0 spiro atoms. The normalized spacial score (nSPS) is 12.7. The summed E-state index contributed by atoms with van der Waals surface area (Å²) in [5.74, 6) is -0.824. The molecular formula is C40H57ClN6O7. The smallest absolute Gasteiger partial charge is 0.407 e. The van der Waals surface area contributed by atoms with E-state index in [1.807, 2.05) is 84.0 Å². The van der Waals surface area contributed by atoms with E-state index in [1.54, 1.807) is 36.2 Å². The van der Waals surface area contributed by atoms with Crippen LogP contribution in [-0.2, 0) is 32.2 Å². The zero-order valence-corrected chi connectivity index (χ0v) is 33.3. The summed E-state index contributed by atoms with van der Waals surface area (Å²) < 4.78 is 11.9. The molecule has 0 bridgehead atoms. The van der Waals surface area contributed by atoms with Crippen LogP contribution in [0.1, 0.15) is 71.9 Å². The van der Waals surface area contributed by atoms with Gasteiger partial charge in [0.15, 0.2) is 6.29 Å².